The summed E-state index contributed by atoms with van der Waals surface area (Å²) < 4.78 is 0. The van der Waals surface area contributed by atoms with E-state index in [-0.39, 0.29) is 11.4 Å². The van der Waals surface area contributed by atoms with Crippen LogP contribution in [0.1, 0.15) is 5.56 Å². The summed E-state index contributed by atoms with van der Waals surface area (Å²) in [6.45, 7) is 0. The van der Waals surface area contributed by atoms with Crippen molar-refractivity contribution in [3.8, 4) is 0 Å². The number of β-lactam (4-membered cyclic amide) rings is 1. The number of amides is 1. The van der Waals surface area contributed by atoms with Crippen molar-refractivity contribution in [1.29, 1.82) is 0 Å². The van der Waals surface area contributed by atoms with E-state index in [4.69, 9.17) is 5.73 Å². The van der Waals surface area contributed by atoms with Crippen LogP contribution in [0.3, 0.4) is 0 Å². The number of nitrogens with two attached hydrogens (primary N) is 1. The number of fused-ring (bicyclic) bond motifs is 1. The number of aliphatic carboxylic acids is 1. The Kier molecular flexibility index (Phi) is 3.66. The Bertz CT molecular complexity index is 771. The highest BCUT2D eigenvalue weighted by atomic mass is 32.2. The maximum atomic E-state index is 11.7. The minimum absolute atomic E-state index is 0.0250. The number of carbonyl (C=O) groups is 2. The fraction of sp³-hybridized carbons (Fsp3) is 0.143. The van der Waals surface area contributed by atoms with Crippen molar-refractivity contribution in [3.63, 3.8) is 0 Å². The lowest BCUT2D eigenvalue weighted by atomic mass is 10.1. The zero-order valence-corrected chi connectivity index (χ0v) is 12.4. The Hall–Kier alpha value is -2.65. The number of hydrogen-bond acceptors (Lipinski definition) is 6. The fourth-order valence-corrected chi connectivity index (χ4v) is 3.59. The van der Waals surface area contributed by atoms with Gasteiger partial charge in [-0.2, -0.15) is 0 Å². The monoisotopic (exact) mass is 333 g/mol. The number of carboxylic acid groups (broad SMARTS) is 1. The molecule has 0 aliphatic carbocycles. The Morgan fingerprint density at radius 3 is 2.61 bits per heavy atom. The largest absolute Gasteiger partial charge is 0.477 e. The van der Waals surface area contributed by atoms with Crippen molar-refractivity contribution in [2.24, 2.45) is 5.73 Å². The van der Waals surface area contributed by atoms with Gasteiger partial charge < -0.3 is 10.8 Å². The molecule has 23 heavy (non-hydrogen) atoms. The molecule has 2 atom stereocenters. The Balaban J connectivity index is 1.93. The fourth-order valence-electron chi connectivity index (χ4n) is 2.34. The van der Waals surface area contributed by atoms with Crippen LogP contribution in [0.15, 0.2) is 40.9 Å². The van der Waals surface area contributed by atoms with E-state index in [0.717, 1.165) is 0 Å². The quantitative estimate of drug-likeness (QED) is 0.482. The summed E-state index contributed by atoms with van der Waals surface area (Å²) in [5, 5.41) is 19.4. The molecule has 1 saturated heterocycles. The molecule has 3 N–H and O–H groups in total. The van der Waals surface area contributed by atoms with Gasteiger partial charge in [0, 0.05) is 17.0 Å². The van der Waals surface area contributed by atoms with Gasteiger partial charge in [0.1, 0.15) is 17.1 Å². The second kappa shape index (κ2) is 5.52. The number of nitro groups is 1. The van der Waals surface area contributed by atoms with Crippen LogP contribution in [0.25, 0.3) is 6.08 Å². The average molecular weight is 333 g/mol. The van der Waals surface area contributed by atoms with Gasteiger partial charge in [0.15, 0.2) is 0 Å². The molecule has 2 aliphatic rings. The van der Waals surface area contributed by atoms with Crippen molar-refractivity contribution in [3.05, 3.63) is 56.6 Å². The van der Waals surface area contributed by atoms with Crippen LogP contribution in [0, 0.1) is 10.1 Å². The Morgan fingerprint density at radius 1 is 1.39 bits per heavy atom. The van der Waals surface area contributed by atoms with Crippen LogP contribution in [-0.4, -0.2) is 38.2 Å². The molecule has 118 valence electrons. The van der Waals surface area contributed by atoms with Crippen molar-refractivity contribution < 1.29 is 19.6 Å². The summed E-state index contributed by atoms with van der Waals surface area (Å²) in [4.78, 5) is 34.9. The van der Waals surface area contributed by atoms with E-state index in [9.17, 15) is 24.8 Å². The molecule has 0 aromatic heterocycles. The highest BCUT2D eigenvalue weighted by molar-refractivity contribution is 8.04. The molecule has 1 amide bonds. The third-order valence-electron chi connectivity index (χ3n) is 3.51. The molecule has 2 aliphatic heterocycles. The molecule has 0 spiro atoms. The molecular formula is C14H11N3O5S. The van der Waals surface area contributed by atoms with Gasteiger partial charge in [-0.05, 0) is 29.8 Å². The molecular weight excluding hydrogens is 322 g/mol. The molecule has 0 bridgehead atoms. The lowest BCUT2D eigenvalue weighted by Crippen LogP contribution is -2.67. The zero-order chi connectivity index (χ0) is 16.7. The molecule has 0 radical (unpaired) electrons. The van der Waals surface area contributed by atoms with Crippen LogP contribution < -0.4 is 5.73 Å². The van der Waals surface area contributed by atoms with Gasteiger partial charge in [-0.1, -0.05) is 11.8 Å². The number of thioether (sulfide) groups is 1. The summed E-state index contributed by atoms with van der Waals surface area (Å²) in [5.41, 5.74) is 6.26. The van der Waals surface area contributed by atoms with E-state index < -0.39 is 28.2 Å². The van der Waals surface area contributed by atoms with Crippen molar-refractivity contribution in [2.75, 3.05) is 0 Å². The van der Waals surface area contributed by atoms with Crippen LogP contribution in [0.4, 0.5) is 5.69 Å². The number of hydrogen-bond donors (Lipinski definition) is 2. The zero-order valence-electron chi connectivity index (χ0n) is 11.6. The molecule has 2 heterocycles. The molecule has 8 nitrogen and oxygen atoms in total. The number of non-ortho nitro benzene ring substituents is 1. The minimum Gasteiger partial charge on any atom is -0.477 e. The normalized spacial score (nSPS) is 24.7. The maximum absolute atomic E-state index is 11.7. The molecule has 1 aromatic carbocycles. The van der Waals surface area contributed by atoms with Gasteiger partial charge in [-0.25, -0.2) is 4.79 Å². The SMILES string of the molecule is NC1C(=O)N2C(C(=O)O)=CC(=Cc3ccc([N+](=O)[O-])cc3)SC12. The number of rotatable bonds is 3. The summed E-state index contributed by atoms with van der Waals surface area (Å²) in [6.07, 6.45) is 3.10. The predicted molar refractivity (Wildman–Crippen MR) is 83.0 cm³/mol. The van der Waals surface area contributed by atoms with Crippen molar-refractivity contribution in [2.45, 2.75) is 11.4 Å². The van der Waals surface area contributed by atoms with Crippen LogP contribution in [0.5, 0.6) is 0 Å². The lowest BCUT2D eigenvalue weighted by molar-refractivity contribution is -0.384. The third kappa shape index (κ3) is 2.60. The standard InChI is InChI=1S/C14H11N3O5S/c15-11-12(18)16-10(14(19)20)6-9(23-13(11)16)5-7-1-3-8(4-2-7)17(21)22/h1-6,11,13H,15H2,(H,19,20). The first-order valence-corrected chi connectivity index (χ1v) is 7.43. The molecule has 1 aromatic rings. The molecule has 0 saturated carbocycles. The maximum Gasteiger partial charge on any atom is 0.352 e. The molecule has 1 fully saturated rings. The number of carbonyl (C=O) groups excluding carboxylic acids is 1. The summed E-state index contributed by atoms with van der Waals surface area (Å²) >= 11 is 1.29. The summed E-state index contributed by atoms with van der Waals surface area (Å²) in [5.74, 6) is -1.62. The molecule has 2 unspecified atom stereocenters. The van der Waals surface area contributed by atoms with Gasteiger partial charge in [0.05, 0.1) is 4.92 Å². The van der Waals surface area contributed by atoms with E-state index >= 15 is 0 Å². The number of nitro benzene ring substituents is 1. The lowest BCUT2D eigenvalue weighted by Gasteiger charge is -2.47. The Morgan fingerprint density at radius 2 is 2.04 bits per heavy atom. The van der Waals surface area contributed by atoms with E-state index in [1.54, 1.807) is 18.2 Å². The molecule has 3 rings (SSSR count). The first-order chi connectivity index (χ1) is 10.9. The van der Waals surface area contributed by atoms with E-state index in [1.165, 1.54) is 34.9 Å². The minimum atomic E-state index is -1.20. The van der Waals surface area contributed by atoms with Crippen molar-refractivity contribution in [1.82, 2.24) is 4.90 Å². The first kappa shape index (κ1) is 15.3. The van der Waals surface area contributed by atoms with E-state index in [2.05, 4.69) is 0 Å². The number of carboxylic acids is 1. The first-order valence-electron chi connectivity index (χ1n) is 6.55. The summed E-state index contributed by atoms with van der Waals surface area (Å²) in [6, 6.07) is 5.14. The van der Waals surface area contributed by atoms with Gasteiger partial charge in [0.2, 0.25) is 5.91 Å². The second-order valence-corrected chi connectivity index (χ2v) is 6.16. The highest BCUT2D eigenvalue weighted by Crippen LogP contribution is 2.42. The average Bonchev–Trinajstić information content (AvgIpc) is 2.53. The van der Waals surface area contributed by atoms with Gasteiger partial charge >= 0.3 is 5.97 Å². The van der Waals surface area contributed by atoms with Gasteiger partial charge in [-0.15, -0.1) is 0 Å². The predicted octanol–water partition coefficient (Wildman–Crippen LogP) is 1.15. The number of allylic oxidation sites excluding steroid dienone is 1. The van der Waals surface area contributed by atoms with Gasteiger partial charge in [0.25, 0.3) is 5.69 Å². The highest BCUT2D eigenvalue weighted by Gasteiger charge is 2.51. The number of nitrogens with zero attached hydrogens (tertiary/aromatic N) is 2. The topological polar surface area (TPSA) is 127 Å². The number of benzene rings is 1. The van der Waals surface area contributed by atoms with Crippen LogP contribution in [-0.2, 0) is 9.59 Å². The van der Waals surface area contributed by atoms with Gasteiger partial charge in [-0.3, -0.25) is 19.8 Å². The van der Waals surface area contributed by atoms with E-state index in [0.29, 0.717) is 10.5 Å². The van der Waals surface area contributed by atoms with E-state index in [1.807, 2.05) is 0 Å². The summed E-state index contributed by atoms with van der Waals surface area (Å²) in [7, 11) is 0. The Labute approximate surface area is 134 Å². The van der Waals surface area contributed by atoms with Crippen molar-refractivity contribution >= 4 is 35.4 Å². The van der Waals surface area contributed by atoms with Crippen LogP contribution >= 0.6 is 11.8 Å². The van der Waals surface area contributed by atoms with Crippen LogP contribution in [0.2, 0.25) is 0 Å². The third-order valence-corrected chi connectivity index (χ3v) is 4.76. The second-order valence-electron chi connectivity index (χ2n) is 4.97. The smallest absolute Gasteiger partial charge is 0.352 e. The molecule has 9 heteroatoms.